The van der Waals surface area contributed by atoms with Gasteiger partial charge in [0.2, 0.25) is 11.7 Å². The van der Waals surface area contributed by atoms with E-state index >= 15 is 0 Å². The van der Waals surface area contributed by atoms with Crippen molar-refractivity contribution in [3.05, 3.63) is 34.9 Å². The smallest absolute Gasteiger partial charge is 0.343 e. The number of nitrogen functional groups attached to an aromatic ring is 3. The van der Waals surface area contributed by atoms with E-state index < -0.39 is 11.8 Å². The third kappa shape index (κ3) is 5.33. The molecule has 0 aliphatic rings. The van der Waals surface area contributed by atoms with Gasteiger partial charge in [-0.2, -0.15) is 44.7 Å². The van der Waals surface area contributed by atoms with Gasteiger partial charge in [-0.05, 0) is 13.8 Å². The van der Waals surface area contributed by atoms with Crippen LogP contribution in [-0.4, -0.2) is 79.2 Å². The quantitative estimate of drug-likeness (QED) is 0.0686. The van der Waals surface area contributed by atoms with Crippen molar-refractivity contribution in [2.45, 2.75) is 13.8 Å². The molecule has 0 saturated heterocycles. The summed E-state index contributed by atoms with van der Waals surface area (Å²) in [4.78, 5) is 47.6. The number of methoxy groups -OCH3 is 1. The summed E-state index contributed by atoms with van der Waals surface area (Å²) >= 11 is 0. The van der Waals surface area contributed by atoms with E-state index in [0.717, 1.165) is 9.36 Å². The Labute approximate surface area is 251 Å². The number of azo groups is 2. The maximum absolute atomic E-state index is 12.1. The zero-order valence-electron chi connectivity index (χ0n) is 24.3. The molecule has 0 saturated carbocycles. The fraction of sp³-hybridized carbons (Fsp3) is 0.217. The van der Waals surface area contributed by atoms with Crippen LogP contribution in [0, 0.1) is 13.8 Å². The van der Waals surface area contributed by atoms with Gasteiger partial charge in [-0.3, -0.25) is 9.59 Å². The van der Waals surface area contributed by atoms with Crippen LogP contribution in [-0.2, 0) is 23.6 Å². The van der Waals surface area contributed by atoms with Crippen molar-refractivity contribution in [1.82, 2.24) is 54.1 Å². The molecule has 22 heteroatoms. The first-order valence-electron chi connectivity index (χ1n) is 12.6. The molecule has 0 aliphatic heterocycles. The van der Waals surface area contributed by atoms with Gasteiger partial charge in [0.15, 0.2) is 40.9 Å². The normalized spacial score (nSPS) is 11.6. The summed E-state index contributed by atoms with van der Waals surface area (Å²) in [6.45, 7) is 3.23. The number of aldehydes is 1. The minimum Gasteiger partial charge on any atom is -0.465 e. The van der Waals surface area contributed by atoms with E-state index in [-0.39, 0.29) is 69.9 Å². The Morgan fingerprint density at radius 2 is 1.24 bits per heavy atom. The van der Waals surface area contributed by atoms with Crippen LogP contribution in [0.3, 0.4) is 0 Å². The molecule has 0 spiro atoms. The fourth-order valence-electron chi connectivity index (χ4n) is 3.97. The number of rotatable bonds is 9. The third-order valence-electron chi connectivity index (χ3n) is 6.22. The molecule has 5 rings (SSSR count). The Balaban J connectivity index is 1.50. The topological polar surface area (TPSA) is 298 Å². The summed E-state index contributed by atoms with van der Waals surface area (Å²) in [6, 6.07) is 0. The molecule has 0 bridgehead atoms. The Kier molecular flexibility index (Phi) is 7.60. The van der Waals surface area contributed by atoms with Gasteiger partial charge in [0.05, 0.1) is 36.5 Å². The van der Waals surface area contributed by atoms with Crippen molar-refractivity contribution in [2.75, 3.05) is 24.3 Å². The van der Waals surface area contributed by atoms with E-state index in [9.17, 15) is 14.4 Å². The van der Waals surface area contributed by atoms with E-state index in [1.807, 2.05) is 0 Å². The number of hydrogen-bond donors (Lipinski definition) is 3. The highest BCUT2D eigenvalue weighted by Gasteiger charge is 2.22. The standard InChI is InChI=1S/C23H24N18O4/c1-9-14(32-34-18-11(13(43)8-42)6-27-38(18)3)16(24)40(36-9)22-29-21(26)30-23(31-22)41-17(25)15(10(2)37-41)33-35-19-12(20(44)45-5)7-28-39(19)4/h6-8H,24-25H2,1-5H3,(H2,26,29,30,31). The average molecular weight is 617 g/mol. The predicted molar refractivity (Wildman–Crippen MR) is 153 cm³/mol. The van der Waals surface area contributed by atoms with Crippen molar-refractivity contribution in [3.8, 4) is 11.9 Å². The minimum absolute atomic E-state index is 0.00875. The second-order valence-electron chi connectivity index (χ2n) is 9.14. The van der Waals surface area contributed by atoms with Crippen LogP contribution in [0.4, 0.5) is 40.6 Å². The molecule has 0 radical (unpaired) electrons. The van der Waals surface area contributed by atoms with E-state index in [4.69, 9.17) is 21.9 Å². The number of nitrogens with two attached hydrogens (primary N) is 3. The zero-order chi connectivity index (χ0) is 32.6. The number of esters is 1. The van der Waals surface area contributed by atoms with Gasteiger partial charge in [0, 0.05) is 14.1 Å². The summed E-state index contributed by atoms with van der Waals surface area (Å²) in [6.07, 6.45) is 2.65. The van der Waals surface area contributed by atoms with Crippen molar-refractivity contribution < 1.29 is 19.1 Å². The first kappa shape index (κ1) is 29.7. The summed E-state index contributed by atoms with van der Waals surface area (Å²) in [5.41, 5.74) is 19.7. The van der Waals surface area contributed by atoms with Gasteiger partial charge in [-0.1, -0.05) is 0 Å². The average Bonchev–Trinajstić information content (AvgIpc) is 3.73. The van der Waals surface area contributed by atoms with Crippen molar-refractivity contribution in [1.29, 1.82) is 0 Å². The monoisotopic (exact) mass is 616 g/mol. The number of hydrogen-bond acceptors (Lipinski definition) is 18. The summed E-state index contributed by atoms with van der Waals surface area (Å²) < 4.78 is 9.68. The van der Waals surface area contributed by atoms with E-state index in [1.165, 1.54) is 35.9 Å². The molecule has 5 heterocycles. The zero-order valence-corrected chi connectivity index (χ0v) is 24.3. The first-order valence-corrected chi connectivity index (χ1v) is 12.6. The lowest BCUT2D eigenvalue weighted by atomic mass is 10.2. The number of Topliss-reactive ketones (excluding diaryl/α,β-unsaturated/α-hetero) is 1. The SMILES string of the molecule is COC(=O)c1cnn(C)c1N=Nc1c(C)nn(-c2nc(N)nc(-n3nc(C)c(N=Nc4c(C(=O)C=O)cnn4C)c3N)n2)c1N. The number of anilines is 3. The van der Waals surface area contributed by atoms with Crippen molar-refractivity contribution in [3.63, 3.8) is 0 Å². The molecule has 5 aromatic rings. The Morgan fingerprint density at radius 3 is 1.71 bits per heavy atom. The molecular weight excluding hydrogens is 592 g/mol. The summed E-state index contributed by atoms with van der Waals surface area (Å²) in [5, 5.41) is 33.1. The number of ketones is 1. The van der Waals surface area contributed by atoms with Gasteiger partial charge in [0.25, 0.3) is 11.9 Å². The molecule has 0 amide bonds. The molecule has 0 atom stereocenters. The second-order valence-corrected chi connectivity index (χ2v) is 9.14. The van der Waals surface area contributed by atoms with Crippen molar-refractivity contribution >= 4 is 58.6 Å². The number of ether oxygens (including phenoxy) is 1. The number of carbonyl (C=O) groups is 3. The molecule has 22 nitrogen and oxygen atoms in total. The van der Waals surface area contributed by atoms with Crippen LogP contribution in [0.2, 0.25) is 0 Å². The Hall–Kier alpha value is -6.74. The molecule has 5 aromatic heterocycles. The van der Waals surface area contributed by atoms with Gasteiger partial charge >= 0.3 is 5.97 Å². The first-order chi connectivity index (χ1) is 21.4. The minimum atomic E-state index is -0.814. The number of aromatic nitrogens is 11. The fourth-order valence-corrected chi connectivity index (χ4v) is 3.97. The molecule has 6 N–H and O–H groups in total. The highest BCUT2D eigenvalue weighted by Crippen LogP contribution is 2.33. The van der Waals surface area contributed by atoms with Crippen LogP contribution >= 0.6 is 0 Å². The van der Waals surface area contributed by atoms with Gasteiger partial charge < -0.3 is 21.9 Å². The number of carbonyl (C=O) groups excluding carboxylic acids is 3. The summed E-state index contributed by atoms with van der Waals surface area (Å²) in [7, 11) is 4.34. The van der Waals surface area contributed by atoms with Gasteiger partial charge in [-0.25, -0.2) is 14.2 Å². The van der Waals surface area contributed by atoms with E-state index in [2.05, 4.69) is 55.8 Å². The lowest BCUT2D eigenvalue weighted by molar-refractivity contribution is -0.104. The Bertz CT molecular complexity index is 2040. The summed E-state index contributed by atoms with van der Waals surface area (Å²) in [5.74, 6) is -1.75. The number of nitrogens with zero attached hydrogens (tertiary/aromatic N) is 15. The van der Waals surface area contributed by atoms with Crippen LogP contribution in [0.1, 0.15) is 32.1 Å². The second kappa shape index (κ2) is 11.5. The Morgan fingerprint density at radius 1 is 0.778 bits per heavy atom. The lowest BCUT2D eigenvalue weighted by Crippen LogP contribution is -2.15. The van der Waals surface area contributed by atoms with E-state index in [0.29, 0.717) is 11.4 Å². The maximum atomic E-state index is 12.1. The predicted octanol–water partition coefficient (Wildman–Crippen LogP) is 1.07. The lowest BCUT2D eigenvalue weighted by Gasteiger charge is -2.07. The highest BCUT2D eigenvalue weighted by molar-refractivity contribution is 6.34. The van der Waals surface area contributed by atoms with E-state index in [1.54, 1.807) is 20.9 Å². The largest absolute Gasteiger partial charge is 0.465 e. The molecular formula is C23H24N18O4. The molecule has 45 heavy (non-hydrogen) atoms. The van der Waals surface area contributed by atoms with Crippen LogP contribution < -0.4 is 17.2 Å². The highest BCUT2D eigenvalue weighted by atomic mass is 16.5. The maximum Gasteiger partial charge on any atom is 0.343 e. The van der Waals surface area contributed by atoms with Gasteiger partial charge in [0.1, 0.15) is 5.56 Å². The van der Waals surface area contributed by atoms with Crippen LogP contribution in [0.5, 0.6) is 0 Å². The molecule has 230 valence electrons. The molecule has 0 unspecified atom stereocenters. The van der Waals surface area contributed by atoms with Crippen LogP contribution in [0.15, 0.2) is 32.9 Å². The molecule has 0 aromatic carbocycles. The third-order valence-corrected chi connectivity index (χ3v) is 6.22. The van der Waals surface area contributed by atoms with Gasteiger partial charge in [-0.15, -0.1) is 20.5 Å². The molecule has 0 aliphatic carbocycles. The van der Waals surface area contributed by atoms with Crippen molar-refractivity contribution in [2.24, 2.45) is 34.6 Å². The van der Waals surface area contributed by atoms with Crippen LogP contribution in [0.25, 0.3) is 11.9 Å². The number of aryl methyl sites for hydroxylation is 4. The molecule has 0 fully saturated rings.